The topological polar surface area (TPSA) is 58.6 Å². The number of rotatable bonds is 1. The molecule has 12 heavy (non-hydrogen) atoms. The largest absolute Gasteiger partial charge is 0.333 e. The third-order valence-corrected chi connectivity index (χ3v) is 1.79. The number of H-pyrrole nitrogens is 1. The summed E-state index contributed by atoms with van der Waals surface area (Å²) in [4.78, 5) is 20.9. The van der Waals surface area contributed by atoms with Gasteiger partial charge in [-0.3, -0.25) is 4.79 Å². The molecule has 1 N–H and O–H groups in total. The van der Waals surface area contributed by atoms with Crippen LogP contribution < -0.4 is 0 Å². The van der Waals surface area contributed by atoms with E-state index in [1.165, 1.54) is 0 Å². The second kappa shape index (κ2) is 2.57. The van der Waals surface area contributed by atoms with Gasteiger partial charge in [-0.15, -0.1) is 0 Å². The zero-order valence-corrected chi connectivity index (χ0v) is 6.67. The Labute approximate surface area is 72.6 Å². The van der Waals surface area contributed by atoms with Crippen LogP contribution in [-0.2, 0) is 0 Å². The molecular weight excluding hydrogens is 178 g/mol. The maximum atomic E-state index is 10.3. The normalized spacial score (nSPS) is 10.4. The van der Waals surface area contributed by atoms with E-state index in [0.717, 1.165) is 0 Å². The Hall–Kier alpha value is -1.42. The average Bonchev–Trinajstić information content (AvgIpc) is 2.49. The fourth-order valence-electron chi connectivity index (χ4n) is 0.954. The zero-order chi connectivity index (χ0) is 8.55. The molecule has 0 amide bonds. The standard InChI is InChI=1S/C7H4ClN3O/c8-4-1-2-9-7-6(4)10-5(3-12)11-7/h1-3H,(H,9,10,11). The molecule has 0 bridgehead atoms. The highest BCUT2D eigenvalue weighted by Gasteiger charge is 2.04. The lowest BCUT2D eigenvalue weighted by Gasteiger charge is -1.87. The number of halogens is 1. The van der Waals surface area contributed by atoms with Crippen molar-refractivity contribution in [2.24, 2.45) is 0 Å². The number of aldehydes is 1. The van der Waals surface area contributed by atoms with Crippen molar-refractivity contribution in [3.63, 3.8) is 0 Å². The molecule has 0 aliphatic heterocycles. The SMILES string of the molecule is O=Cc1nc2nccc(Cl)c2[nH]1. The maximum absolute atomic E-state index is 10.3. The van der Waals surface area contributed by atoms with E-state index in [1.807, 2.05) is 0 Å². The van der Waals surface area contributed by atoms with Crippen LogP contribution in [0.5, 0.6) is 0 Å². The van der Waals surface area contributed by atoms with Gasteiger partial charge in [0.2, 0.25) is 0 Å². The molecule has 0 unspecified atom stereocenters. The molecular formula is C7H4ClN3O. The van der Waals surface area contributed by atoms with Crippen LogP contribution in [0.1, 0.15) is 10.6 Å². The highest BCUT2D eigenvalue weighted by molar-refractivity contribution is 6.34. The van der Waals surface area contributed by atoms with Gasteiger partial charge >= 0.3 is 0 Å². The van der Waals surface area contributed by atoms with Crippen molar-refractivity contribution in [1.29, 1.82) is 0 Å². The molecule has 2 aromatic heterocycles. The van der Waals surface area contributed by atoms with Crippen LogP contribution in [0.4, 0.5) is 0 Å². The van der Waals surface area contributed by atoms with E-state index < -0.39 is 0 Å². The lowest BCUT2D eigenvalue weighted by Crippen LogP contribution is -1.79. The van der Waals surface area contributed by atoms with Gasteiger partial charge in [-0.25, -0.2) is 9.97 Å². The lowest BCUT2D eigenvalue weighted by molar-refractivity contribution is 0.111. The summed E-state index contributed by atoms with van der Waals surface area (Å²) in [6.45, 7) is 0. The first kappa shape index (κ1) is 7.24. The van der Waals surface area contributed by atoms with Gasteiger partial charge in [-0.2, -0.15) is 0 Å². The van der Waals surface area contributed by atoms with Crippen molar-refractivity contribution < 1.29 is 4.79 Å². The van der Waals surface area contributed by atoms with Gasteiger partial charge in [0, 0.05) is 6.20 Å². The number of fused-ring (bicyclic) bond motifs is 1. The lowest BCUT2D eigenvalue weighted by atomic mass is 10.4. The van der Waals surface area contributed by atoms with Gasteiger partial charge in [-0.05, 0) is 6.07 Å². The molecule has 0 saturated heterocycles. The molecule has 0 fully saturated rings. The molecule has 0 aromatic carbocycles. The quantitative estimate of drug-likeness (QED) is 0.677. The fraction of sp³-hybridized carbons (Fsp3) is 0. The maximum Gasteiger partial charge on any atom is 0.185 e. The first-order valence-electron chi connectivity index (χ1n) is 3.26. The predicted octanol–water partition coefficient (Wildman–Crippen LogP) is 1.42. The Balaban J connectivity index is 2.82. The van der Waals surface area contributed by atoms with E-state index in [0.29, 0.717) is 22.5 Å². The van der Waals surface area contributed by atoms with Crippen molar-refractivity contribution >= 4 is 29.1 Å². The van der Waals surface area contributed by atoms with Gasteiger partial charge in [0.25, 0.3) is 0 Å². The fourth-order valence-corrected chi connectivity index (χ4v) is 1.14. The molecule has 0 radical (unpaired) electrons. The number of imidazole rings is 1. The minimum Gasteiger partial charge on any atom is -0.333 e. The Morgan fingerprint density at radius 3 is 3.08 bits per heavy atom. The Kier molecular flexibility index (Phi) is 1.55. The van der Waals surface area contributed by atoms with E-state index in [-0.39, 0.29) is 5.82 Å². The van der Waals surface area contributed by atoms with Gasteiger partial charge in [0.1, 0.15) is 5.52 Å². The van der Waals surface area contributed by atoms with Gasteiger partial charge in [0.15, 0.2) is 17.8 Å². The van der Waals surface area contributed by atoms with Crippen LogP contribution in [0.25, 0.3) is 11.2 Å². The van der Waals surface area contributed by atoms with Crippen molar-refractivity contribution in [2.45, 2.75) is 0 Å². The van der Waals surface area contributed by atoms with Crippen LogP contribution in [-0.4, -0.2) is 21.2 Å². The third-order valence-electron chi connectivity index (χ3n) is 1.47. The summed E-state index contributed by atoms with van der Waals surface area (Å²) >= 11 is 5.80. The smallest absolute Gasteiger partial charge is 0.185 e. The molecule has 4 nitrogen and oxygen atoms in total. The van der Waals surface area contributed by atoms with E-state index >= 15 is 0 Å². The Morgan fingerprint density at radius 1 is 1.58 bits per heavy atom. The second-order valence-electron chi connectivity index (χ2n) is 2.23. The Morgan fingerprint density at radius 2 is 2.42 bits per heavy atom. The van der Waals surface area contributed by atoms with Crippen LogP contribution in [0.2, 0.25) is 5.02 Å². The number of hydrogen-bond donors (Lipinski definition) is 1. The monoisotopic (exact) mass is 181 g/mol. The molecule has 0 aliphatic carbocycles. The molecule has 0 saturated carbocycles. The van der Waals surface area contributed by atoms with Crippen LogP contribution in [0, 0.1) is 0 Å². The van der Waals surface area contributed by atoms with Crippen molar-refractivity contribution in [3.05, 3.63) is 23.1 Å². The number of nitrogens with one attached hydrogen (secondary N) is 1. The van der Waals surface area contributed by atoms with Crippen LogP contribution in [0.15, 0.2) is 12.3 Å². The van der Waals surface area contributed by atoms with Gasteiger partial charge in [0.05, 0.1) is 5.02 Å². The summed E-state index contributed by atoms with van der Waals surface area (Å²) in [6, 6.07) is 1.64. The van der Waals surface area contributed by atoms with E-state index in [9.17, 15) is 4.79 Å². The van der Waals surface area contributed by atoms with Crippen molar-refractivity contribution in [2.75, 3.05) is 0 Å². The summed E-state index contributed by atoms with van der Waals surface area (Å²) in [5.74, 6) is 0.241. The Bertz CT molecular complexity index is 437. The second-order valence-corrected chi connectivity index (χ2v) is 2.64. The van der Waals surface area contributed by atoms with Crippen LogP contribution >= 0.6 is 11.6 Å². The minimum absolute atomic E-state index is 0.241. The molecule has 2 aromatic rings. The molecule has 5 heteroatoms. The number of hydrogen-bond acceptors (Lipinski definition) is 3. The highest BCUT2D eigenvalue weighted by Crippen LogP contribution is 2.17. The summed E-state index contributed by atoms with van der Waals surface area (Å²) in [7, 11) is 0. The van der Waals surface area contributed by atoms with Crippen LogP contribution in [0.3, 0.4) is 0 Å². The first-order chi connectivity index (χ1) is 5.81. The van der Waals surface area contributed by atoms with E-state index in [1.54, 1.807) is 12.3 Å². The number of aromatic nitrogens is 3. The molecule has 0 atom stereocenters. The average molecular weight is 182 g/mol. The van der Waals surface area contributed by atoms with Crippen molar-refractivity contribution in [1.82, 2.24) is 15.0 Å². The number of aromatic amines is 1. The van der Waals surface area contributed by atoms with E-state index in [4.69, 9.17) is 11.6 Å². The molecule has 0 aliphatic rings. The molecule has 2 rings (SSSR count). The zero-order valence-electron chi connectivity index (χ0n) is 5.91. The van der Waals surface area contributed by atoms with Gasteiger partial charge < -0.3 is 4.98 Å². The summed E-state index contributed by atoms with van der Waals surface area (Å²) < 4.78 is 0. The number of carbonyl (C=O) groups is 1. The number of carbonyl (C=O) groups excluding carboxylic acids is 1. The third kappa shape index (κ3) is 0.967. The summed E-state index contributed by atoms with van der Waals surface area (Å²) in [6.07, 6.45) is 2.16. The molecule has 60 valence electrons. The predicted molar refractivity (Wildman–Crippen MR) is 44.3 cm³/mol. The summed E-state index contributed by atoms with van der Waals surface area (Å²) in [5.41, 5.74) is 1.06. The van der Waals surface area contributed by atoms with E-state index in [2.05, 4.69) is 15.0 Å². The number of nitrogens with zero attached hydrogens (tertiary/aromatic N) is 2. The first-order valence-corrected chi connectivity index (χ1v) is 3.64. The van der Waals surface area contributed by atoms with Crippen molar-refractivity contribution in [3.8, 4) is 0 Å². The highest BCUT2D eigenvalue weighted by atomic mass is 35.5. The molecule has 2 heterocycles. The minimum atomic E-state index is 0.241. The molecule has 0 spiro atoms. The van der Waals surface area contributed by atoms with Gasteiger partial charge in [-0.1, -0.05) is 11.6 Å². The summed E-state index contributed by atoms with van der Waals surface area (Å²) in [5, 5.41) is 0.514. The number of pyridine rings is 1.